The largest absolute Gasteiger partial charge is 0.465 e. The molecule has 6 nitrogen and oxygen atoms in total. The van der Waals surface area contributed by atoms with E-state index >= 15 is 0 Å². The molecule has 0 unspecified atom stereocenters. The standard InChI is InChI=1S/C19H22N2O4S/c1-13-12-15(19(22)25-3)7-10-18(13)26(23,24)21(16-8-9-16)14(2)17-6-4-5-11-20-17/h4-7,10-12,14,16H,8-9H2,1-3H3/t14-/m1/s1. The Morgan fingerprint density at radius 3 is 2.54 bits per heavy atom. The highest BCUT2D eigenvalue weighted by Gasteiger charge is 2.42. The van der Waals surface area contributed by atoms with E-state index in [0.29, 0.717) is 16.8 Å². The van der Waals surface area contributed by atoms with E-state index in [4.69, 9.17) is 4.74 Å². The minimum absolute atomic E-state index is 0.0170. The molecule has 0 aliphatic heterocycles. The molecule has 0 radical (unpaired) electrons. The third-order valence-electron chi connectivity index (χ3n) is 4.56. The third kappa shape index (κ3) is 3.50. The molecular weight excluding hydrogens is 352 g/mol. The Morgan fingerprint density at radius 2 is 2.00 bits per heavy atom. The first-order chi connectivity index (χ1) is 12.4. The van der Waals surface area contributed by atoms with Gasteiger partial charge in [0, 0.05) is 12.2 Å². The average Bonchev–Trinajstić information content (AvgIpc) is 3.46. The number of pyridine rings is 1. The molecule has 1 aromatic heterocycles. The van der Waals surface area contributed by atoms with Crippen molar-refractivity contribution >= 4 is 16.0 Å². The Hall–Kier alpha value is -2.25. The van der Waals surface area contributed by atoms with Gasteiger partial charge in [-0.1, -0.05) is 6.07 Å². The zero-order valence-electron chi connectivity index (χ0n) is 15.0. The molecule has 1 fully saturated rings. The van der Waals surface area contributed by atoms with Crippen molar-refractivity contribution in [2.45, 2.75) is 43.7 Å². The van der Waals surface area contributed by atoms with E-state index in [0.717, 1.165) is 12.8 Å². The van der Waals surface area contributed by atoms with Crippen LogP contribution >= 0.6 is 0 Å². The average molecular weight is 374 g/mol. The number of sulfonamides is 1. The first-order valence-electron chi connectivity index (χ1n) is 8.49. The highest BCUT2D eigenvalue weighted by Crippen LogP contribution is 2.39. The molecule has 1 aliphatic rings. The van der Waals surface area contributed by atoms with Crippen molar-refractivity contribution < 1.29 is 17.9 Å². The fraction of sp³-hybridized carbons (Fsp3) is 0.368. The van der Waals surface area contributed by atoms with E-state index in [9.17, 15) is 13.2 Å². The summed E-state index contributed by atoms with van der Waals surface area (Å²) in [4.78, 5) is 16.2. The highest BCUT2D eigenvalue weighted by atomic mass is 32.2. The monoisotopic (exact) mass is 374 g/mol. The highest BCUT2D eigenvalue weighted by molar-refractivity contribution is 7.89. The molecule has 2 aromatic rings. The van der Waals surface area contributed by atoms with E-state index < -0.39 is 16.0 Å². The number of carbonyl (C=O) groups excluding carboxylic acids is 1. The Labute approximate surface area is 153 Å². The number of aromatic nitrogens is 1. The SMILES string of the molecule is COC(=O)c1ccc(S(=O)(=O)N(C2CC2)[C@H](C)c2ccccn2)c(C)c1. The minimum atomic E-state index is -3.72. The lowest BCUT2D eigenvalue weighted by Gasteiger charge is -2.28. The van der Waals surface area contributed by atoms with E-state index in [2.05, 4.69) is 4.98 Å². The molecule has 3 rings (SSSR count). The lowest BCUT2D eigenvalue weighted by Crippen LogP contribution is -2.36. The van der Waals surface area contributed by atoms with Crippen LogP contribution in [-0.2, 0) is 14.8 Å². The molecule has 26 heavy (non-hydrogen) atoms. The molecule has 0 spiro atoms. The van der Waals surface area contributed by atoms with Crippen LogP contribution in [0.1, 0.15) is 47.4 Å². The van der Waals surface area contributed by atoms with E-state index in [1.165, 1.54) is 19.2 Å². The summed E-state index contributed by atoms with van der Waals surface area (Å²) in [5, 5.41) is 0. The van der Waals surface area contributed by atoms with Gasteiger partial charge in [0.25, 0.3) is 0 Å². The van der Waals surface area contributed by atoms with Crippen LogP contribution in [0.15, 0.2) is 47.5 Å². The van der Waals surface area contributed by atoms with Crippen LogP contribution in [0.3, 0.4) is 0 Å². The molecule has 0 N–H and O–H groups in total. The van der Waals surface area contributed by atoms with Crippen molar-refractivity contribution in [2.24, 2.45) is 0 Å². The normalized spacial score (nSPS) is 15.7. The zero-order valence-corrected chi connectivity index (χ0v) is 15.9. The van der Waals surface area contributed by atoms with Crippen LogP contribution in [0.2, 0.25) is 0 Å². The van der Waals surface area contributed by atoms with Crippen molar-refractivity contribution in [2.75, 3.05) is 7.11 Å². The predicted octanol–water partition coefficient (Wildman–Crippen LogP) is 3.09. The number of hydrogen-bond acceptors (Lipinski definition) is 5. The molecule has 0 amide bonds. The number of aryl methyl sites for hydroxylation is 1. The fourth-order valence-electron chi connectivity index (χ4n) is 3.10. The van der Waals surface area contributed by atoms with Crippen LogP contribution < -0.4 is 0 Å². The van der Waals surface area contributed by atoms with Crippen LogP contribution in [0.4, 0.5) is 0 Å². The fourth-order valence-corrected chi connectivity index (χ4v) is 5.16. The van der Waals surface area contributed by atoms with Gasteiger partial charge in [-0.15, -0.1) is 0 Å². The van der Waals surface area contributed by atoms with Crippen molar-refractivity contribution in [1.29, 1.82) is 0 Å². The molecule has 1 aliphatic carbocycles. The number of benzene rings is 1. The summed E-state index contributed by atoms with van der Waals surface area (Å²) in [5.74, 6) is -0.488. The second-order valence-corrected chi connectivity index (χ2v) is 8.28. The van der Waals surface area contributed by atoms with Gasteiger partial charge in [0.15, 0.2) is 0 Å². The molecule has 138 valence electrons. The molecule has 1 saturated carbocycles. The number of hydrogen-bond donors (Lipinski definition) is 0. The van der Waals surface area contributed by atoms with E-state index in [1.807, 2.05) is 25.1 Å². The second-order valence-electron chi connectivity index (χ2n) is 6.47. The van der Waals surface area contributed by atoms with Gasteiger partial charge in [-0.2, -0.15) is 4.31 Å². The predicted molar refractivity (Wildman–Crippen MR) is 97.2 cm³/mol. The van der Waals surface area contributed by atoms with Crippen LogP contribution in [0.25, 0.3) is 0 Å². The third-order valence-corrected chi connectivity index (χ3v) is 6.74. The van der Waals surface area contributed by atoms with Gasteiger partial charge in [0.2, 0.25) is 10.0 Å². The summed E-state index contributed by atoms with van der Waals surface area (Å²) >= 11 is 0. The quantitative estimate of drug-likeness (QED) is 0.726. The number of carbonyl (C=O) groups is 1. The maximum Gasteiger partial charge on any atom is 0.337 e. The molecule has 0 bridgehead atoms. The van der Waals surface area contributed by atoms with Crippen LogP contribution in [0.5, 0.6) is 0 Å². The van der Waals surface area contributed by atoms with Gasteiger partial charge in [0.05, 0.1) is 29.3 Å². The van der Waals surface area contributed by atoms with Gasteiger partial charge in [0.1, 0.15) is 0 Å². The summed E-state index contributed by atoms with van der Waals surface area (Å²) in [6.07, 6.45) is 3.35. The summed E-state index contributed by atoms with van der Waals surface area (Å²) in [5.41, 5.74) is 1.57. The zero-order chi connectivity index (χ0) is 18.9. The van der Waals surface area contributed by atoms with Gasteiger partial charge in [-0.25, -0.2) is 13.2 Å². The first kappa shape index (κ1) is 18.5. The molecule has 1 aromatic carbocycles. The topological polar surface area (TPSA) is 76.6 Å². The molecular formula is C19H22N2O4S. The number of rotatable bonds is 6. The number of esters is 1. The van der Waals surface area contributed by atoms with Crippen LogP contribution in [0, 0.1) is 6.92 Å². The second kappa shape index (κ2) is 7.17. The van der Waals surface area contributed by atoms with Crippen molar-refractivity contribution in [3.05, 3.63) is 59.4 Å². The number of nitrogens with zero attached hydrogens (tertiary/aromatic N) is 2. The van der Waals surface area contributed by atoms with E-state index in [1.54, 1.807) is 23.5 Å². The van der Waals surface area contributed by atoms with Crippen molar-refractivity contribution in [1.82, 2.24) is 9.29 Å². The van der Waals surface area contributed by atoms with Gasteiger partial charge in [-0.3, -0.25) is 4.98 Å². The van der Waals surface area contributed by atoms with Gasteiger partial charge < -0.3 is 4.74 Å². The Bertz CT molecular complexity index is 908. The molecule has 7 heteroatoms. The Morgan fingerprint density at radius 1 is 1.27 bits per heavy atom. The summed E-state index contributed by atoms with van der Waals surface area (Å²) in [6, 6.07) is 9.64. The summed E-state index contributed by atoms with van der Waals surface area (Å²) < 4.78 is 33.0. The first-order valence-corrected chi connectivity index (χ1v) is 9.93. The maximum atomic E-state index is 13.4. The smallest absolute Gasteiger partial charge is 0.337 e. The van der Waals surface area contributed by atoms with Gasteiger partial charge in [-0.05, 0) is 62.6 Å². The molecule has 1 atom stereocenters. The number of methoxy groups -OCH3 is 1. The van der Waals surface area contributed by atoms with E-state index in [-0.39, 0.29) is 17.0 Å². The van der Waals surface area contributed by atoms with Crippen LogP contribution in [-0.4, -0.2) is 36.8 Å². The molecule has 1 heterocycles. The summed E-state index contributed by atoms with van der Waals surface area (Å²) in [6.45, 7) is 3.55. The Kier molecular flexibility index (Phi) is 5.11. The number of ether oxygens (including phenoxy) is 1. The van der Waals surface area contributed by atoms with Crippen molar-refractivity contribution in [3.8, 4) is 0 Å². The maximum absolute atomic E-state index is 13.4. The van der Waals surface area contributed by atoms with Crippen molar-refractivity contribution in [3.63, 3.8) is 0 Å². The minimum Gasteiger partial charge on any atom is -0.465 e. The Balaban J connectivity index is 2.00. The lowest BCUT2D eigenvalue weighted by atomic mass is 10.1. The summed E-state index contributed by atoms with van der Waals surface area (Å²) in [7, 11) is -2.43. The van der Waals surface area contributed by atoms with Gasteiger partial charge >= 0.3 is 5.97 Å². The molecule has 0 saturated heterocycles. The lowest BCUT2D eigenvalue weighted by molar-refractivity contribution is 0.0600.